The van der Waals surface area contributed by atoms with Crippen LogP contribution in [0.1, 0.15) is 20.8 Å². The number of hydrogen-bond acceptors (Lipinski definition) is 5. The number of aromatic nitrogens is 3. The van der Waals surface area contributed by atoms with Gasteiger partial charge in [0.1, 0.15) is 0 Å². The summed E-state index contributed by atoms with van der Waals surface area (Å²) in [5.41, 5.74) is -0.725. The van der Waals surface area contributed by atoms with E-state index in [9.17, 15) is 14.4 Å². The summed E-state index contributed by atoms with van der Waals surface area (Å²) in [5.74, 6) is -2.14. The van der Waals surface area contributed by atoms with Crippen molar-refractivity contribution in [3.8, 4) is 0 Å². The fourth-order valence-electron chi connectivity index (χ4n) is 1.35. The Labute approximate surface area is 106 Å². The maximum atomic E-state index is 11.8. The van der Waals surface area contributed by atoms with Crippen molar-refractivity contribution in [2.24, 2.45) is 0 Å². The molecule has 96 valence electrons. The average Bonchev–Trinajstić information content (AvgIpc) is 2.39. The number of aromatic amines is 1. The van der Waals surface area contributed by atoms with E-state index in [1.165, 1.54) is 24.7 Å². The van der Waals surface area contributed by atoms with E-state index in [1.54, 1.807) is 0 Å². The van der Waals surface area contributed by atoms with Crippen LogP contribution in [-0.2, 0) is 0 Å². The van der Waals surface area contributed by atoms with E-state index in [0.29, 0.717) is 0 Å². The van der Waals surface area contributed by atoms with Gasteiger partial charge in [0.25, 0.3) is 5.91 Å². The van der Waals surface area contributed by atoms with Crippen molar-refractivity contribution >= 4 is 17.7 Å². The molecule has 2 rings (SSSR count). The van der Waals surface area contributed by atoms with Crippen molar-refractivity contribution in [3.05, 3.63) is 52.3 Å². The molecule has 8 heteroatoms. The van der Waals surface area contributed by atoms with Crippen LogP contribution in [0.4, 0.5) is 5.82 Å². The second kappa shape index (κ2) is 5.08. The molecule has 2 aromatic rings. The van der Waals surface area contributed by atoms with Gasteiger partial charge >= 0.3 is 5.97 Å². The van der Waals surface area contributed by atoms with Gasteiger partial charge in [-0.25, -0.2) is 14.8 Å². The molecule has 0 aliphatic rings. The van der Waals surface area contributed by atoms with Gasteiger partial charge in [-0.2, -0.15) is 0 Å². The third-order valence-electron chi connectivity index (χ3n) is 2.17. The molecule has 8 nitrogen and oxygen atoms in total. The van der Waals surface area contributed by atoms with Gasteiger partial charge in [-0.1, -0.05) is 0 Å². The normalized spacial score (nSPS) is 9.89. The van der Waals surface area contributed by atoms with Gasteiger partial charge in [0.05, 0.1) is 0 Å². The Hall–Kier alpha value is -3.03. The molecule has 0 radical (unpaired) electrons. The molecule has 2 aromatic heterocycles. The highest BCUT2D eigenvalue weighted by molar-refractivity contribution is 6.06. The molecule has 0 aliphatic heterocycles. The molecule has 0 saturated heterocycles. The van der Waals surface area contributed by atoms with Crippen LogP contribution < -0.4 is 10.9 Å². The highest BCUT2D eigenvalue weighted by atomic mass is 16.4. The van der Waals surface area contributed by atoms with Gasteiger partial charge in [-0.3, -0.25) is 9.59 Å². The van der Waals surface area contributed by atoms with Crippen molar-refractivity contribution in [1.29, 1.82) is 0 Å². The molecule has 2 heterocycles. The van der Waals surface area contributed by atoms with E-state index in [1.807, 2.05) is 0 Å². The minimum absolute atomic E-state index is 0.0886. The minimum Gasteiger partial charge on any atom is -0.476 e. The Balaban J connectivity index is 2.29. The summed E-state index contributed by atoms with van der Waals surface area (Å²) >= 11 is 0. The summed E-state index contributed by atoms with van der Waals surface area (Å²) in [6, 6.07) is 2.47. The first-order valence-electron chi connectivity index (χ1n) is 5.12. The van der Waals surface area contributed by atoms with Crippen molar-refractivity contribution in [2.75, 3.05) is 5.32 Å². The number of aromatic carboxylic acids is 1. The number of H-pyrrole nitrogens is 1. The number of carboxylic acids is 1. The van der Waals surface area contributed by atoms with Crippen LogP contribution in [-0.4, -0.2) is 31.9 Å². The van der Waals surface area contributed by atoms with Gasteiger partial charge in [0, 0.05) is 30.2 Å². The summed E-state index contributed by atoms with van der Waals surface area (Å²) < 4.78 is 0. The topological polar surface area (TPSA) is 125 Å². The molecule has 1 amide bonds. The van der Waals surface area contributed by atoms with Crippen LogP contribution in [0.2, 0.25) is 0 Å². The molecule has 3 N–H and O–H groups in total. The van der Waals surface area contributed by atoms with Crippen LogP contribution in [0.15, 0.2) is 35.5 Å². The quantitative estimate of drug-likeness (QED) is 0.719. The van der Waals surface area contributed by atoms with Crippen molar-refractivity contribution in [2.45, 2.75) is 0 Å². The zero-order chi connectivity index (χ0) is 13.8. The first-order valence-corrected chi connectivity index (χ1v) is 5.12. The van der Waals surface area contributed by atoms with Crippen LogP contribution in [0.5, 0.6) is 0 Å². The Morgan fingerprint density at radius 1 is 1.26 bits per heavy atom. The Bertz CT molecular complexity index is 695. The van der Waals surface area contributed by atoms with Crippen LogP contribution in [0.25, 0.3) is 0 Å². The number of amides is 1. The highest BCUT2D eigenvalue weighted by Crippen LogP contribution is 2.09. The maximum Gasteiger partial charge on any atom is 0.358 e. The fraction of sp³-hybridized carbons (Fsp3) is 0. The summed E-state index contributed by atoms with van der Waals surface area (Å²) in [6.07, 6.45) is 3.76. The van der Waals surface area contributed by atoms with Gasteiger partial charge in [-0.05, 0) is 6.07 Å². The minimum atomic E-state index is -1.31. The Kier molecular flexibility index (Phi) is 3.33. The number of carboxylic acid groups (broad SMARTS) is 1. The molecule has 0 aromatic carbocycles. The third kappa shape index (κ3) is 2.80. The second-order valence-corrected chi connectivity index (χ2v) is 3.45. The molecule has 0 unspecified atom stereocenters. The predicted octanol–water partition coefficient (Wildman–Crippen LogP) is 0.115. The van der Waals surface area contributed by atoms with E-state index in [-0.39, 0.29) is 17.1 Å². The van der Waals surface area contributed by atoms with E-state index in [4.69, 9.17) is 5.11 Å². The molecule has 0 saturated carbocycles. The number of nitrogens with one attached hydrogen (secondary N) is 2. The predicted molar refractivity (Wildman–Crippen MR) is 64.0 cm³/mol. The number of hydrogen-bond donors (Lipinski definition) is 3. The van der Waals surface area contributed by atoms with Gasteiger partial charge in [-0.15, -0.1) is 0 Å². The first-order chi connectivity index (χ1) is 9.08. The van der Waals surface area contributed by atoms with Crippen LogP contribution in [0, 0.1) is 0 Å². The molecule has 0 fully saturated rings. The first kappa shape index (κ1) is 12.4. The van der Waals surface area contributed by atoms with Crippen LogP contribution in [0.3, 0.4) is 0 Å². The zero-order valence-corrected chi connectivity index (χ0v) is 9.45. The Morgan fingerprint density at radius 2 is 2.00 bits per heavy atom. The van der Waals surface area contributed by atoms with Crippen molar-refractivity contribution in [1.82, 2.24) is 15.0 Å². The summed E-state index contributed by atoms with van der Waals surface area (Å²) in [7, 11) is 0. The number of carbonyl (C=O) groups is 2. The zero-order valence-electron chi connectivity index (χ0n) is 9.45. The summed E-state index contributed by atoms with van der Waals surface area (Å²) in [4.78, 5) is 43.5. The van der Waals surface area contributed by atoms with Gasteiger partial charge < -0.3 is 15.4 Å². The average molecular weight is 260 g/mol. The fourth-order valence-corrected chi connectivity index (χ4v) is 1.35. The summed E-state index contributed by atoms with van der Waals surface area (Å²) in [6.45, 7) is 0. The monoisotopic (exact) mass is 260 g/mol. The highest BCUT2D eigenvalue weighted by Gasteiger charge is 2.15. The van der Waals surface area contributed by atoms with Crippen molar-refractivity contribution < 1.29 is 14.7 Å². The molecule has 0 aliphatic carbocycles. The number of pyridine rings is 1. The number of carbonyl (C=O) groups excluding carboxylic acids is 1. The molecule has 19 heavy (non-hydrogen) atoms. The van der Waals surface area contributed by atoms with E-state index in [2.05, 4.69) is 20.3 Å². The van der Waals surface area contributed by atoms with E-state index in [0.717, 1.165) is 6.07 Å². The molecular weight excluding hydrogens is 252 g/mol. The smallest absolute Gasteiger partial charge is 0.358 e. The molecular formula is C11H8N4O4. The van der Waals surface area contributed by atoms with Crippen molar-refractivity contribution in [3.63, 3.8) is 0 Å². The second-order valence-electron chi connectivity index (χ2n) is 3.45. The molecule has 0 bridgehead atoms. The lowest BCUT2D eigenvalue weighted by Crippen LogP contribution is -2.19. The van der Waals surface area contributed by atoms with E-state index < -0.39 is 17.4 Å². The van der Waals surface area contributed by atoms with Crippen LogP contribution >= 0.6 is 0 Å². The lowest BCUT2D eigenvalue weighted by atomic mass is 10.2. The standard InChI is InChI=1S/C11H8N4O4/c16-7-5-6(1-2-12-7)10(17)15-9-8(11(18)19)13-3-4-14-9/h1-5H,(H,12,16)(H,18,19)(H,14,15,17). The maximum absolute atomic E-state index is 11.8. The number of nitrogens with zero attached hydrogens (tertiary/aromatic N) is 2. The molecule has 0 atom stereocenters. The van der Waals surface area contributed by atoms with E-state index >= 15 is 0 Å². The number of anilines is 1. The lowest BCUT2D eigenvalue weighted by molar-refractivity contribution is 0.0691. The lowest BCUT2D eigenvalue weighted by Gasteiger charge is -2.05. The third-order valence-corrected chi connectivity index (χ3v) is 2.17. The summed E-state index contributed by atoms with van der Waals surface area (Å²) in [5, 5.41) is 11.2. The van der Waals surface area contributed by atoms with Gasteiger partial charge in [0.15, 0.2) is 11.5 Å². The van der Waals surface area contributed by atoms with Gasteiger partial charge in [0.2, 0.25) is 5.56 Å². The molecule has 0 spiro atoms. The SMILES string of the molecule is O=C(Nc1nccnc1C(=O)O)c1cc[nH]c(=O)c1. The number of rotatable bonds is 3. The Morgan fingerprint density at radius 3 is 2.68 bits per heavy atom. The largest absolute Gasteiger partial charge is 0.476 e.